The van der Waals surface area contributed by atoms with E-state index in [4.69, 9.17) is 46.2 Å². The minimum Gasteiger partial charge on any atom is -0.857 e. The van der Waals surface area contributed by atoms with Crippen molar-refractivity contribution in [1.82, 2.24) is 48.4 Å². The van der Waals surface area contributed by atoms with Gasteiger partial charge in [0.05, 0.1) is 43.0 Å². The molecule has 0 unspecified atom stereocenters. The van der Waals surface area contributed by atoms with Crippen LogP contribution in [0.3, 0.4) is 0 Å². The molecule has 0 bridgehead atoms. The number of hydrogen-bond acceptors (Lipinski definition) is 17. The van der Waals surface area contributed by atoms with Gasteiger partial charge in [-0.25, -0.2) is 47.9 Å². The van der Waals surface area contributed by atoms with Crippen LogP contribution in [-0.2, 0) is 38.3 Å². The summed E-state index contributed by atoms with van der Waals surface area (Å²) in [7, 11) is 3.17. The predicted molar refractivity (Wildman–Crippen MR) is 295 cm³/mol. The molecule has 3 aromatic carbocycles. The molecule has 0 spiro atoms. The summed E-state index contributed by atoms with van der Waals surface area (Å²) in [5.41, 5.74) is 10.3. The molecule has 82 heavy (non-hydrogen) atoms. The quantitative estimate of drug-likeness (QED) is 0.0529. The minimum atomic E-state index is -0.618. The number of methoxy groups -OCH3 is 1. The van der Waals surface area contributed by atoms with Crippen LogP contribution in [0.4, 0.5) is 18.0 Å². The molecule has 9 rings (SSSR count). The first-order valence-corrected chi connectivity index (χ1v) is 24.7. The van der Waals surface area contributed by atoms with Gasteiger partial charge in [-0.2, -0.15) is 12.4 Å². The standard InChI is InChI=1S/C20H22FN5O2.C15H13FN4O.C14H9FN4.C6H13NO2.CH4O.CH3O.Na/c1-20(2,3)28-19(27)24-11-15(22)17-12-26-9-8-23-18(26)16(25-17)10-13-6-4-5-7-14(13)21;1-21-14(17)13-9-20-7-6-18-15(20)12(19-13)8-10-4-2-3-5-11(10)16;15-12-4-2-1-3-10(12)7-13-14-17-5-6-19(14)9-11(8-16)18-13;1-6(2,3)9-5(8)4-7;2*1-2;/h4-9,12,22H,10-11H2,1-3H3,(H,24,27);2-7,9,17H,8H2,1H3;1-6,9H,7H2;4,7H2,1-3H3;2H,1H3;1H3;/q;;;;;-1;+1. The van der Waals surface area contributed by atoms with Gasteiger partial charge in [-0.05, 0) is 76.4 Å². The number of nitrogens with zero attached hydrogens (tertiary/aromatic N) is 10. The number of nitrogens with one attached hydrogen (secondary N) is 3. The van der Waals surface area contributed by atoms with Gasteiger partial charge in [0.15, 0.2) is 22.6 Å². The van der Waals surface area contributed by atoms with Crippen molar-refractivity contribution in [3.8, 4) is 6.07 Å². The number of aliphatic hydroxyl groups is 1. The largest absolute Gasteiger partial charge is 1.00 e. The number of carbonyl (C=O) groups excluding carboxylic acids is 2. The number of nitriles is 1. The van der Waals surface area contributed by atoms with E-state index in [9.17, 15) is 22.8 Å². The van der Waals surface area contributed by atoms with Crippen molar-refractivity contribution in [2.24, 2.45) is 5.73 Å². The molecule has 0 saturated carbocycles. The molecular formula is C57H64F3N14NaO7. The van der Waals surface area contributed by atoms with E-state index in [2.05, 4.69) is 35.2 Å². The third-order valence-corrected chi connectivity index (χ3v) is 10.5. The van der Waals surface area contributed by atoms with Crippen LogP contribution in [0.25, 0.3) is 16.9 Å². The number of imidazole rings is 3. The molecule has 6 heterocycles. The number of hydrogen-bond donors (Lipinski definition) is 5. The number of benzene rings is 3. The molecule has 426 valence electrons. The van der Waals surface area contributed by atoms with Gasteiger partial charge in [0.25, 0.3) is 0 Å². The third kappa shape index (κ3) is 20.6. The normalized spacial score (nSPS) is 10.5. The molecule has 0 fully saturated rings. The second-order valence-electron chi connectivity index (χ2n) is 18.8. The summed E-state index contributed by atoms with van der Waals surface area (Å²) in [5, 5.41) is 42.7. The first kappa shape index (κ1) is 67.8. The Morgan fingerprint density at radius 1 is 0.659 bits per heavy atom. The Bertz CT molecular complexity index is 3590. The fourth-order valence-electron chi connectivity index (χ4n) is 7.17. The molecular weight excluding hydrogens is 1070 g/mol. The molecule has 21 nitrogen and oxygen atoms in total. The van der Waals surface area contributed by atoms with E-state index in [1.165, 1.54) is 25.3 Å². The average Bonchev–Trinajstić information content (AvgIpc) is 4.42. The Hall–Kier alpha value is -8.44. The van der Waals surface area contributed by atoms with Crippen LogP contribution in [0.5, 0.6) is 0 Å². The van der Waals surface area contributed by atoms with Crippen molar-refractivity contribution in [3.05, 3.63) is 197 Å². The second kappa shape index (κ2) is 32.7. The third-order valence-electron chi connectivity index (χ3n) is 10.5. The van der Waals surface area contributed by atoms with Gasteiger partial charge >= 0.3 is 41.6 Å². The number of aliphatic hydroxyl groups excluding tert-OH is 1. The molecule has 0 aliphatic heterocycles. The SMILES string of the molecule is CC(C)(C)OC(=O)CN.CC(C)(C)OC(=O)NCC(=N)c1cn2ccnc2c(Cc2ccccc2F)n1.CO.COC(=N)c1cn2ccnc2c(Cc2ccccc2F)n1.C[O-].N#Cc1cn2ccnc2c(Cc2ccccc2F)n1.[Na+]. The Kier molecular flexibility index (Phi) is 27.1. The molecule has 1 amide bonds. The summed E-state index contributed by atoms with van der Waals surface area (Å²) in [4.78, 5) is 48.1. The van der Waals surface area contributed by atoms with Gasteiger partial charge in [0.1, 0.15) is 46.1 Å². The fourth-order valence-corrected chi connectivity index (χ4v) is 7.17. The topological polar surface area (TPSA) is 305 Å². The van der Waals surface area contributed by atoms with Crippen LogP contribution in [0.15, 0.2) is 129 Å². The summed E-state index contributed by atoms with van der Waals surface area (Å²) in [5.74, 6) is -1.28. The fraction of sp³-hybridized carbons (Fsp3) is 0.281. The van der Waals surface area contributed by atoms with Crippen LogP contribution in [0.1, 0.15) is 92.4 Å². The van der Waals surface area contributed by atoms with Crippen LogP contribution in [0.2, 0.25) is 0 Å². The minimum absolute atomic E-state index is 0. The van der Waals surface area contributed by atoms with Crippen LogP contribution in [0, 0.1) is 39.6 Å². The number of fused-ring (bicyclic) bond motifs is 3. The maximum atomic E-state index is 14.0. The van der Waals surface area contributed by atoms with E-state index in [1.54, 1.807) is 165 Å². The van der Waals surface area contributed by atoms with Crippen molar-refractivity contribution < 1.29 is 76.7 Å². The van der Waals surface area contributed by atoms with Crippen molar-refractivity contribution in [3.63, 3.8) is 0 Å². The number of nitrogens with two attached hydrogens (primary N) is 1. The number of halogens is 3. The summed E-state index contributed by atoms with van der Waals surface area (Å²) in [6.07, 6.45) is 15.3. The number of esters is 1. The Morgan fingerprint density at radius 2 is 1.04 bits per heavy atom. The number of carbonyl (C=O) groups is 2. The van der Waals surface area contributed by atoms with Gasteiger partial charge in [-0.3, -0.25) is 10.2 Å². The summed E-state index contributed by atoms with van der Waals surface area (Å²) in [6, 6.07) is 21.6. The number of amides is 1. The molecule has 0 atom stereocenters. The second-order valence-corrected chi connectivity index (χ2v) is 18.8. The van der Waals surface area contributed by atoms with Gasteiger partial charge < -0.3 is 54.1 Å². The average molecular weight is 1140 g/mol. The van der Waals surface area contributed by atoms with Crippen LogP contribution < -0.4 is 45.7 Å². The Morgan fingerprint density at radius 3 is 1.40 bits per heavy atom. The van der Waals surface area contributed by atoms with Gasteiger partial charge in [0, 0.05) is 82.1 Å². The molecule has 0 radical (unpaired) electrons. The maximum Gasteiger partial charge on any atom is 1.00 e. The van der Waals surface area contributed by atoms with Crippen molar-refractivity contribution in [1.29, 1.82) is 16.1 Å². The smallest absolute Gasteiger partial charge is 0.857 e. The van der Waals surface area contributed by atoms with Crippen LogP contribution in [-0.4, -0.2) is 118 Å². The Labute approximate surface area is 494 Å². The summed E-state index contributed by atoms with van der Waals surface area (Å²) >= 11 is 0. The molecule has 25 heteroatoms. The zero-order valence-corrected chi connectivity index (χ0v) is 49.2. The molecule has 0 aliphatic carbocycles. The van der Waals surface area contributed by atoms with E-state index in [1.807, 2.05) is 6.07 Å². The molecule has 6 N–H and O–H groups in total. The van der Waals surface area contributed by atoms with E-state index in [0.29, 0.717) is 74.9 Å². The zero-order valence-electron chi connectivity index (χ0n) is 47.2. The number of rotatable bonds is 11. The van der Waals surface area contributed by atoms with E-state index >= 15 is 0 Å². The molecule has 0 saturated heterocycles. The number of ether oxygens (including phenoxy) is 3. The molecule has 0 aliphatic rings. The van der Waals surface area contributed by atoms with Gasteiger partial charge in [-0.1, -0.05) is 54.6 Å². The molecule has 6 aromatic heterocycles. The number of alkyl carbamates (subject to hydrolysis) is 1. The first-order chi connectivity index (χ1) is 38.6. The van der Waals surface area contributed by atoms with Crippen molar-refractivity contribution in [2.75, 3.05) is 34.4 Å². The zero-order chi connectivity index (χ0) is 59.9. The van der Waals surface area contributed by atoms with Crippen LogP contribution >= 0.6 is 0 Å². The number of aromatic nitrogens is 9. The van der Waals surface area contributed by atoms with Gasteiger partial charge in [0.2, 0.25) is 5.90 Å². The van der Waals surface area contributed by atoms with E-state index in [-0.39, 0.29) is 89.8 Å². The maximum absolute atomic E-state index is 14.0. The monoisotopic (exact) mass is 1140 g/mol. The Balaban J connectivity index is 0.000000294. The summed E-state index contributed by atoms with van der Waals surface area (Å²) < 4.78 is 61.6. The summed E-state index contributed by atoms with van der Waals surface area (Å²) in [6.45, 7) is 10.6. The van der Waals surface area contributed by atoms with Crippen molar-refractivity contribution >= 4 is 40.6 Å². The van der Waals surface area contributed by atoms with Crippen molar-refractivity contribution in [2.45, 2.75) is 72.0 Å². The first-order valence-electron chi connectivity index (χ1n) is 24.7. The van der Waals surface area contributed by atoms with E-state index in [0.717, 1.165) is 14.2 Å². The van der Waals surface area contributed by atoms with E-state index < -0.39 is 17.3 Å². The van der Waals surface area contributed by atoms with Gasteiger partial charge in [-0.15, -0.1) is 0 Å². The predicted octanol–water partition coefficient (Wildman–Crippen LogP) is 3.99. The molecule has 9 aromatic rings.